The molecule has 6 nitrogen and oxygen atoms in total. The highest BCUT2D eigenvalue weighted by atomic mass is 35.5. The lowest BCUT2D eigenvalue weighted by atomic mass is 10.2. The van der Waals surface area contributed by atoms with E-state index < -0.39 is 0 Å². The Balaban J connectivity index is 2.01. The van der Waals surface area contributed by atoms with Gasteiger partial charge in [-0.15, -0.1) is 0 Å². The highest BCUT2D eigenvalue weighted by Crippen LogP contribution is 2.28. The maximum Gasteiger partial charge on any atom is 0.272 e. The average molecular weight is 388 g/mol. The van der Waals surface area contributed by atoms with Crippen LogP contribution in [0.4, 0.5) is 5.69 Å². The third-order valence-electron chi connectivity index (χ3n) is 4.39. The molecule has 0 spiro atoms. The average Bonchev–Trinajstić information content (AvgIpc) is 2.95. The molecule has 2 heterocycles. The molecule has 27 heavy (non-hydrogen) atoms. The van der Waals surface area contributed by atoms with E-state index in [0.29, 0.717) is 45.5 Å². The molecule has 0 fully saturated rings. The maximum atomic E-state index is 12.8. The minimum absolute atomic E-state index is 0.101. The van der Waals surface area contributed by atoms with Crippen molar-refractivity contribution >= 4 is 34.1 Å². The van der Waals surface area contributed by atoms with Gasteiger partial charge in [0.05, 0.1) is 23.7 Å². The number of aryl methyl sites for hydroxylation is 1. The van der Waals surface area contributed by atoms with Crippen LogP contribution in [-0.4, -0.2) is 22.2 Å². The number of halogens is 1. The number of carbonyl (C=O) groups is 1. The second-order valence-electron chi connectivity index (χ2n) is 6.85. The van der Waals surface area contributed by atoms with Crippen LogP contribution in [0.1, 0.15) is 24.3 Å². The largest absolute Gasteiger partial charge is 0.495 e. The Morgan fingerprint density at radius 1 is 1.26 bits per heavy atom. The van der Waals surface area contributed by atoms with Crippen molar-refractivity contribution in [3.63, 3.8) is 0 Å². The van der Waals surface area contributed by atoms with Crippen molar-refractivity contribution in [1.29, 1.82) is 0 Å². The van der Waals surface area contributed by atoms with Gasteiger partial charge in [0.25, 0.3) is 11.5 Å². The van der Waals surface area contributed by atoms with E-state index in [9.17, 15) is 9.59 Å². The molecule has 3 aromatic rings. The number of carbonyl (C=O) groups excluding carboxylic acids is 1. The van der Waals surface area contributed by atoms with Gasteiger partial charge in [0.2, 0.25) is 0 Å². The van der Waals surface area contributed by atoms with Crippen molar-refractivity contribution in [2.75, 3.05) is 12.4 Å². The number of fused-ring (bicyclic) bond motifs is 1. The summed E-state index contributed by atoms with van der Waals surface area (Å²) >= 11 is 6.02. The van der Waals surface area contributed by atoms with Crippen LogP contribution in [0.5, 0.6) is 5.75 Å². The van der Waals surface area contributed by atoms with Crippen LogP contribution in [0.15, 0.2) is 41.3 Å². The summed E-state index contributed by atoms with van der Waals surface area (Å²) in [5, 5.41) is 3.81. The molecule has 0 bridgehead atoms. The van der Waals surface area contributed by atoms with Crippen molar-refractivity contribution in [2.24, 2.45) is 13.0 Å². The quantitative estimate of drug-likeness (QED) is 0.721. The van der Waals surface area contributed by atoms with Crippen LogP contribution < -0.4 is 15.6 Å². The Morgan fingerprint density at radius 3 is 2.67 bits per heavy atom. The molecule has 142 valence electrons. The van der Waals surface area contributed by atoms with Crippen molar-refractivity contribution in [3.8, 4) is 5.75 Å². The summed E-state index contributed by atoms with van der Waals surface area (Å²) in [7, 11) is 3.28. The zero-order valence-electron chi connectivity index (χ0n) is 15.7. The molecule has 1 N–H and O–H groups in total. The monoisotopic (exact) mass is 387 g/mol. The molecular weight excluding hydrogens is 366 g/mol. The van der Waals surface area contributed by atoms with E-state index in [0.717, 1.165) is 0 Å². The van der Waals surface area contributed by atoms with E-state index >= 15 is 0 Å². The summed E-state index contributed by atoms with van der Waals surface area (Å²) in [6.07, 6.45) is 1.77. The van der Waals surface area contributed by atoms with Gasteiger partial charge >= 0.3 is 0 Å². The fourth-order valence-electron chi connectivity index (χ4n) is 3.09. The van der Waals surface area contributed by atoms with Crippen LogP contribution in [0.3, 0.4) is 0 Å². The topological polar surface area (TPSA) is 65.3 Å². The summed E-state index contributed by atoms with van der Waals surface area (Å²) in [5.74, 6) is 0.511. The van der Waals surface area contributed by atoms with Crippen LogP contribution in [0, 0.1) is 5.92 Å². The number of amides is 1. The minimum atomic E-state index is -0.343. The first-order chi connectivity index (χ1) is 12.8. The zero-order chi connectivity index (χ0) is 19.7. The number of nitrogens with one attached hydrogen (secondary N) is 1. The summed E-state index contributed by atoms with van der Waals surface area (Å²) in [5.41, 5.74) is 1.46. The second kappa shape index (κ2) is 7.48. The first-order valence-corrected chi connectivity index (χ1v) is 9.03. The Labute approximate surface area is 162 Å². The number of benzene rings is 1. The highest BCUT2D eigenvalue weighted by Gasteiger charge is 2.18. The van der Waals surface area contributed by atoms with Gasteiger partial charge in [-0.1, -0.05) is 25.4 Å². The minimum Gasteiger partial charge on any atom is -0.495 e. The predicted molar refractivity (Wildman–Crippen MR) is 108 cm³/mol. The zero-order valence-corrected chi connectivity index (χ0v) is 16.5. The molecule has 0 atom stereocenters. The Kier molecular flexibility index (Phi) is 5.28. The van der Waals surface area contributed by atoms with Gasteiger partial charge in [0.15, 0.2) is 0 Å². The van der Waals surface area contributed by atoms with E-state index in [1.807, 2.05) is 6.07 Å². The molecule has 1 aromatic carbocycles. The lowest BCUT2D eigenvalue weighted by Crippen LogP contribution is -2.21. The molecule has 3 rings (SSSR count). The molecule has 2 aromatic heterocycles. The van der Waals surface area contributed by atoms with Gasteiger partial charge in [-0.05, 0) is 36.2 Å². The van der Waals surface area contributed by atoms with Crippen molar-refractivity contribution in [2.45, 2.75) is 20.4 Å². The van der Waals surface area contributed by atoms with Gasteiger partial charge in [-0.2, -0.15) is 0 Å². The van der Waals surface area contributed by atoms with Crippen molar-refractivity contribution < 1.29 is 9.53 Å². The van der Waals surface area contributed by atoms with E-state index in [1.165, 1.54) is 7.11 Å². The predicted octanol–water partition coefficient (Wildman–Crippen LogP) is 3.91. The SMILES string of the molecule is COc1ccc(Cl)cc1NC(=O)c1cc2c(=O)n(CC(C)C)ccc2n1C. The van der Waals surface area contributed by atoms with Crippen molar-refractivity contribution in [1.82, 2.24) is 9.13 Å². The van der Waals surface area contributed by atoms with Gasteiger partial charge in [0.1, 0.15) is 11.4 Å². The standard InChI is InChI=1S/C20H22ClN3O3/c1-12(2)11-24-8-7-16-14(20(24)26)10-17(23(16)3)19(25)22-15-9-13(21)5-6-18(15)27-4/h5-10,12H,11H2,1-4H3,(H,22,25). The lowest BCUT2D eigenvalue weighted by molar-refractivity contribution is 0.101. The van der Waals surface area contributed by atoms with E-state index in [4.69, 9.17) is 16.3 Å². The highest BCUT2D eigenvalue weighted by molar-refractivity contribution is 6.31. The molecule has 1 amide bonds. The first-order valence-electron chi connectivity index (χ1n) is 8.65. The number of hydrogen-bond donors (Lipinski definition) is 1. The van der Waals surface area contributed by atoms with Crippen molar-refractivity contribution in [3.05, 3.63) is 57.6 Å². The number of rotatable bonds is 5. The van der Waals surface area contributed by atoms with Gasteiger partial charge in [-0.3, -0.25) is 9.59 Å². The number of nitrogens with zero attached hydrogens (tertiary/aromatic N) is 2. The summed E-state index contributed by atoms with van der Waals surface area (Å²) < 4.78 is 8.65. The maximum absolute atomic E-state index is 12.8. The van der Waals surface area contributed by atoms with Crippen LogP contribution in [0.25, 0.3) is 10.9 Å². The molecular formula is C20H22ClN3O3. The number of methoxy groups -OCH3 is 1. The molecule has 0 aliphatic heterocycles. The first kappa shape index (κ1) is 19.0. The number of aromatic nitrogens is 2. The Bertz CT molecular complexity index is 1070. The fourth-order valence-corrected chi connectivity index (χ4v) is 3.27. The molecule has 0 aliphatic rings. The lowest BCUT2D eigenvalue weighted by Gasteiger charge is -2.11. The fraction of sp³-hybridized carbons (Fsp3) is 0.300. The molecule has 0 saturated carbocycles. The number of ether oxygens (including phenoxy) is 1. The molecule has 7 heteroatoms. The van der Waals surface area contributed by atoms with Crippen LogP contribution in [-0.2, 0) is 13.6 Å². The second-order valence-corrected chi connectivity index (χ2v) is 7.29. The molecule has 0 saturated heterocycles. The molecule has 0 aliphatic carbocycles. The summed E-state index contributed by atoms with van der Waals surface area (Å²) in [6.45, 7) is 4.74. The van der Waals surface area contributed by atoms with E-state index in [-0.39, 0.29) is 11.5 Å². The Hall–Kier alpha value is -2.73. The van der Waals surface area contributed by atoms with E-state index in [2.05, 4.69) is 19.2 Å². The summed E-state index contributed by atoms with van der Waals surface area (Å²) in [6, 6.07) is 8.47. The van der Waals surface area contributed by atoms with Crippen LogP contribution >= 0.6 is 11.6 Å². The molecule has 0 radical (unpaired) electrons. The number of hydrogen-bond acceptors (Lipinski definition) is 3. The third-order valence-corrected chi connectivity index (χ3v) is 4.62. The van der Waals surface area contributed by atoms with Gasteiger partial charge in [0, 0.05) is 24.8 Å². The number of pyridine rings is 1. The van der Waals surface area contributed by atoms with Crippen LogP contribution in [0.2, 0.25) is 5.02 Å². The normalized spacial score (nSPS) is 11.2. The summed E-state index contributed by atoms with van der Waals surface area (Å²) in [4.78, 5) is 25.6. The van der Waals surface area contributed by atoms with Gasteiger partial charge in [-0.25, -0.2) is 0 Å². The third kappa shape index (κ3) is 3.71. The van der Waals surface area contributed by atoms with Gasteiger partial charge < -0.3 is 19.2 Å². The van der Waals surface area contributed by atoms with E-state index in [1.54, 1.807) is 46.6 Å². The molecule has 0 unspecified atom stereocenters. The number of anilines is 1. The Morgan fingerprint density at radius 2 is 2.00 bits per heavy atom. The smallest absolute Gasteiger partial charge is 0.272 e.